The molecule has 0 aromatic heterocycles. The van der Waals surface area contributed by atoms with Crippen LogP contribution < -0.4 is 62.2 Å². The fourth-order valence-electron chi connectivity index (χ4n) is 10.2. The van der Waals surface area contributed by atoms with Crippen molar-refractivity contribution in [2.24, 2.45) is 0 Å². The van der Waals surface area contributed by atoms with Crippen LogP contribution in [0, 0.1) is 0 Å². The fourth-order valence-corrected chi connectivity index (χ4v) is 22.3. The van der Waals surface area contributed by atoms with Crippen molar-refractivity contribution in [2.45, 2.75) is 0 Å². The molecular formula is C72H64O4Si4Ti. The molecule has 9 heteroatoms. The molecule has 0 amide bonds. The topological polar surface area (TPSA) is 80.9 Å². The van der Waals surface area contributed by atoms with Gasteiger partial charge in [0.25, 0.3) is 33.3 Å². The Morgan fingerprint density at radius 3 is 0.247 bits per heavy atom. The van der Waals surface area contributed by atoms with E-state index in [2.05, 4.69) is 0 Å². The Hall–Kier alpha value is -7.94. The minimum Gasteiger partial charge on any atom is -0.421 e. The monoisotopic (exact) mass is 1150 g/mol. The van der Waals surface area contributed by atoms with Gasteiger partial charge in [0.1, 0.15) is 0 Å². The quantitative estimate of drug-likeness (QED) is 0.0825. The molecule has 12 aromatic carbocycles. The Kier molecular flexibility index (Phi) is 21.2. The van der Waals surface area contributed by atoms with Gasteiger partial charge in [0.2, 0.25) is 0 Å². The van der Waals surface area contributed by atoms with Gasteiger partial charge in [0.05, 0.1) is 0 Å². The van der Waals surface area contributed by atoms with Gasteiger partial charge in [-0.3, -0.25) is 0 Å². The maximum Gasteiger partial charge on any atom is 0.285 e. The largest absolute Gasteiger partial charge is 0.421 e. The van der Waals surface area contributed by atoms with Gasteiger partial charge in [-0.1, -0.05) is 364 Å². The average Bonchev–Trinajstić information content (AvgIpc) is 3.63. The number of hydrogen-bond donors (Lipinski definition) is 4. The normalized spacial score (nSPS) is 11.1. The van der Waals surface area contributed by atoms with Crippen molar-refractivity contribution in [3.63, 3.8) is 0 Å². The Morgan fingerprint density at radius 2 is 0.185 bits per heavy atom. The molecule has 81 heavy (non-hydrogen) atoms. The maximum absolute atomic E-state index is 11.6. The zero-order valence-corrected chi connectivity index (χ0v) is 50.5. The van der Waals surface area contributed by atoms with Crippen LogP contribution in [0.3, 0.4) is 0 Å². The second-order valence-electron chi connectivity index (χ2n) is 19.2. The molecule has 0 aliphatic heterocycles. The van der Waals surface area contributed by atoms with E-state index in [1.54, 1.807) is 0 Å². The first-order valence-electron chi connectivity index (χ1n) is 26.8. The van der Waals surface area contributed by atoms with E-state index in [4.69, 9.17) is 0 Å². The van der Waals surface area contributed by atoms with Crippen LogP contribution in [0.2, 0.25) is 0 Å². The Balaban J connectivity index is 0.000000141. The van der Waals surface area contributed by atoms with Crippen LogP contribution in [0.25, 0.3) is 0 Å². The Bertz CT molecular complexity index is 2780. The van der Waals surface area contributed by atoms with Gasteiger partial charge < -0.3 is 19.2 Å². The van der Waals surface area contributed by atoms with E-state index < -0.39 is 33.3 Å². The summed E-state index contributed by atoms with van der Waals surface area (Å²) in [5.41, 5.74) is 0. The summed E-state index contributed by atoms with van der Waals surface area (Å²) in [6, 6.07) is 120. The summed E-state index contributed by atoms with van der Waals surface area (Å²) in [5.74, 6) is 0. The van der Waals surface area contributed by atoms with E-state index in [9.17, 15) is 19.2 Å². The van der Waals surface area contributed by atoms with Crippen LogP contribution >= 0.6 is 0 Å². The minimum atomic E-state index is -2.88. The predicted molar refractivity (Wildman–Crippen MR) is 345 cm³/mol. The van der Waals surface area contributed by atoms with Gasteiger partial charge >= 0.3 is 0 Å². The summed E-state index contributed by atoms with van der Waals surface area (Å²) in [6.07, 6.45) is 0. The minimum absolute atomic E-state index is 0. The molecule has 0 heterocycles. The summed E-state index contributed by atoms with van der Waals surface area (Å²) in [7, 11) is -11.5. The van der Waals surface area contributed by atoms with Gasteiger partial charge in [-0.2, -0.15) is 0 Å². The van der Waals surface area contributed by atoms with Gasteiger partial charge in [0, 0.05) is 21.7 Å². The second-order valence-corrected chi connectivity index (χ2v) is 31.8. The van der Waals surface area contributed by atoms with Gasteiger partial charge in [-0.05, 0) is 62.2 Å². The third kappa shape index (κ3) is 13.8. The SMILES string of the molecule is O[Si](c1ccccc1)(c1ccccc1)c1ccccc1.O[Si](c1ccccc1)(c1ccccc1)c1ccccc1.O[Si](c1ccccc1)(c1ccccc1)c1ccccc1.O[Si](c1ccccc1)(c1ccccc1)c1ccccc1.[Ti]. The fraction of sp³-hybridized carbons (Fsp3) is 0. The molecule has 0 aliphatic rings. The third-order valence-electron chi connectivity index (χ3n) is 14.3. The van der Waals surface area contributed by atoms with Crippen LogP contribution in [0.4, 0.5) is 0 Å². The van der Waals surface area contributed by atoms with Crippen molar-refractivity contribution in [1.29, 1.82) is 0 Å². The first-order chi connectivity index (χ1) is 39.3. The van der Waals surface area contributed by atoms with E-state index in [-0.39, 0.29) is 21.7 Å². The van der Waals surface area contributed by atoms with E-state index in [1.807, 2.05) is 364 Å². The van der Waals surface area contributed by atoms with Crippen LogP contribution in [0.5, 0.6) is 0 Å². The number of rotatable bonds is 12. The molecule has 0 saturated carbocycles. The van der Waals surface area contributed by atoms with Crippen molar-refractivity contribution in [3.05, 3.63) is 364 Å². The van der Waals surface area contributed by atoms with E-state index in [0.29, 0.717) is 0 Å². The molecular weight excluding hydrogens is 1090 g/mol. The van der Waals surface area contributed by atoms with E-state index >= 15 is 0 Å². The summed E-state index contributed by atoms with van der Waals surface area (Å²) < 4.78 is 0. The van der Waals surface area contributed by atoms with Crippen LogP contribution in [0.15, 0.2) is 364 Å². The maximum atomic E-state index is 11.6. The summed E-state index contributed by atoms with van der Waals surface area (Å²) in [6.45, 7) is 0. The number of hydrogen-bond acceptors (Lipinski definition) is 4. The summed E-state index contributed by atoms with van der Waals surface area (Å²) in [4.78, 5) is 46.3. The van der Waals surface area contributed by atoms with Crippen molar-refractivity contribution in [2.75, 3.05) is 0 Å². The Morgan fingerprint density at radius 1 is 0.123 bits per heavy atom. The van der Waals surface area contributed by atoms with Crippen LogP contribution in [-0.2, 0) is 21.7 Å². The molecule has 0 fully saturated rings. The van der Waals surface area contributed by atoms with Crippen molar-refractivity contribution in [1.82, 2.24) is 0 Å². The molecule has 0 aliphatic carbocycles. The van der Waals surface area contributed by atoms with E-state index in [1.165, 1.54) is 0 Å². The zero-order valence-electron chi connectivity index (χ0n) is 44.9. The van der Waals surface area contributed by atoms with Crippen molar-refractivity contribution < 1.29 is 40.9 Å². The molecule has 4 N–H and O–H groups in total. The van der Waals surface area contributed by atoms with Gasteiger partial charge in [0.15, 0.2) is 0 Å². The molecule has 12 aromatic rings. The Labute approximate surface area is 496 Å². The third-order valence-corrected chi connectivity index (χ3v) is 28.3. The number of benzene rings is 12. The van der Waals surface area contributed by atoms with Gasteiger partial charge in [-0.15, -0.1) is 0 Å². The molecule has 4 nitrogen and oxygen atoms in total. The smallest absolute Gasteiger partial charge is 0.285 e. The molecule has 12 rings (SSSR count). The first-order valence-corrected chi connectivity index (χ1v) is 34.6. The average molecular weight is 1150 g/mol. The molecule has 0 spiro atoms. The van der Waals surface area contributed by atoms with Crippen LogP contribution in [0.1, 0.15) is 0 Å². The zero-order chi connectivity index (χ0) is 55.4. The van der Waals surface area contributed by atoms with Gasteiger partial charge in [-0.25, -0.2) is 0 Å². The molecule has 0 saturated heterocycles. The van der Waals surface area contributed by atoms with Crippen LogP contribution in [-0.4, -0.2) is 52.5 Å². The summed E-state index contributed by atoms with van der Waals surface area (Å²) in [5, 5.41) is 12.1. The molecule has 0 atom stereocenters. The second kappa shape index (κ2) is 29.0. The molecule has 396 valence electrons. The molecule has 0 bridgehead atoms. The first kappa shape index (κ1) is 59.2. The molecule has 0 radical (unpaired) electrons. The molecule has 0 unspecified atom stereocenters. The predicted octanol–water partition coefficient (Wildman–Crippen LogP) is 6.58. The van der Waals surface area contributed by atoms with Crippen molar-refractivity contribution in [3.8, 4) is 0 Å². The summed E-state index contributed by atoms with van der Waals surface area (Å²) >= 11 is 0. The van der Waals surface area contributed by atoms with E-state index in [0.717, 1.165) is 62.2 Å². The van der Waals surface area contributed by atoms with Crippen molar-refractivity contribution >= 4 is 95.5 Å². The standard InChI is InChI=1S/4C18H16OSi.Ti/c4*19-20(16-10-4-1-5-11-16,17-12-6-2-7-13-17)18-14-8-3-9-15-18;/h4*1-15,19H;.